The summed E-state index contributed by atoms with van der Waals surface area (Å²) in [5, 5.41) is 32.3. The van der Waals surface area contributed by atoms with Gasteiger partial charge in [0.15, 0.2) is 0 Å². The molecule has 0 spiro atoms. The van der Waals surface area contributed by atoms with E-state index in [2.05, 4.69) is 13.8 Å². The van der Waals surface area contributed by atoms with E-state index in [-0.39, 0.29) is 37.7 Å². The molecule has 2 atom stereocenters. The Morgan fingerprint density at radius 3 is 1.18 bits per heavy atom. The lowest BCUT2D eigenvalue weighted by Gasteiger charge is -2.16. The molecule has 0 saturated heterocycles. The van der Waals surface area contributed by atoms with Gasteiger partial charge in [-0.15, -0.1) is 0 Å². The van der Waals surface area contributed by atoms with E-state index in [1.165, 1.54) is 180 Å². The lowest BCUT2D eigenvalue weighted by Crippen LogP contribution is -2.24. The SMILES string of the molecule is CCCCCCCCCCCCCCCCCCOCC(O)COc1ccc2ccc(OCC(O)COCCCCCCCCCCCCCCCCCC)c(C(=O)O)c2c1. The molecule has 0 heterocycles. The molecular formula is C53H92O8. The van der Waals surface area contributed by atoms with Gasteiger partial charge in [0.05, 0.1) is 13.2 Å². The molecule has 0 aliphatic heterocycles. The Morgan fingerprint density at radius 1 is 0.459 bits per heavy atom. The monoisotopic (exact) mass is 857 g/mol. The zero-order valence-corrected chi connectivity index (χ0v) is 39.3. The minimum absolute atomic E-state index is 0.00641. The van der Waals surface area contributed by atoms with Crippen molar-refractivity contribution in [1.29, 1.82) is 0 Å². The predicted octanol–water partition coefficient (Wildman–Crippen LogP) is 14.6. The summed E-state index contributed by atoms with van der Waals surface area (Å²) in [5.41, 5.74) is 0.00641. The Labute approximate surface area is 373 Å². The Morgan fingerprint density at radius 2 is 0.803 bits per heavy atom. The minimum Gasteiger partial charge on any atom is -0.491 e. The van der Waals surface area contributed by atoms with Crippen LogP contribution in [0, 0.1) is 0 Å². The summed E-state index contributed by atoms with van der Waals surface area (Å²) >= 11 is 0. The van der Waals surface area contributed by atoms with Gasteiger partial charge in [0, 0.05) is 18.6 Å². The van der Waals surface area contributed by atoms with Crippen molar-refractivity contribution in [3.63, 3.8) is 0 Å². The molecular weight excluding hydrogens is 765 g/mol. The number of aliphatic hydroxyl groups is 2. The molecule has 8 nitrogen and oxygen atoms in total. The van der Waals surface area contributed by atoms with Gasteiger partial charge >= 0.3 is 5.97 Å². The van der Waals surface area contributed by atoms with Crippen LogP contribution < -0.4 is 9.47 Å². The van der Waals surface area contributed by atoms with Gasteiger partial charge in [0.2, 0.25) is 0 Å². The van der Waals surface area contributed by atoms with Crippen LogP contribution in [-0.2, 0) is 9.47 Å². The second kappa shape index (κ2) is 39.2. The first kappa shape index (κ1) is 54.7. The molecule has 0 aromatic heterocycles. The molecule has 0 saturated carbocycles. The first-order valence-corrected chi connectivity index (χ1v) is 25.5. The molecule has 2 unspecified atom stereocenters. The highest BCUT2D eigenvalue weighted by atomic mass is 16.5. The second-order valence-corrected chi connectivity index (χ2v) is 17.8. The summed E-state index contributed by atoms with van der Waals surface area (Å²) in [4.78, 5) is 12.4. The summed E-state index contributed by atoms with van der Waals surface area (Å²) in [5.74, 6) is -0.502. The molecule has 0 fully saturated rings. The fourth-order valence-corrected chi connectivity index (χ4v) is 8.13. The van der Waals surface area contributed by atoms with Crippen molar-refractivity contribution in [2.45, 2.75) is 232 Å². The summed E-state index contributed by atoms with van der Waals surface area (Å²) in [6.07, 6.45) is 40.7. The van der Waals surface area contributed by atoms with Gasteiger partial charge in [-0.1, -0.05) is 219 Å². The third-order valence-electron chi connectivity index (χ3n) is 11.9. The van der Waals surface area contributed by atoms with Gasteiger partial charge in [-0.3, -0.25) is 0 Å². The lowest BCUT2D eigenvalue weighted by atomic mass is 10.0. The van der Waals surface area contributed by atoms with Crippen molar-refractivity contribution in [3.05, 3.63) is 35.9 Å². The highest BCUT2D eigenvalue weighted by Crippen LogP contribution is 2.31. The quantitative estimate of drug-likeness (QED) is 0.0564. The molecule has 2 aromatic carbocycles. The van der Waals surface area contributed by atoms with Crippen LogP contribution >= 0.6 is 0 Å². The highest BCUT2D eigenvalue weighted by Gasteiger charge is 2.18. The highest BCUT2D eigenvalue weighted by molar-refractivity contribution is 6.06. The van der Waals surface area contributed by atoms with Crippen molar-refractivity contribution >= 4 is 16.7 Å². The summed E-state index contributed by atoms with van der Waals surface area (Å²) < 4.78 is 23.1. The van der Waals surface area contributed by atoms with Crippen molar-refractivity contribution in [2.75, 3.05) is 39.6 Å². The van der Waals surface area contributed by atoms with Crippen LogP contribution in [0.3, 0.4) is 0 Å². The summed E-state index contributed by atoms with van der Waals surface area (Å²) in [6, 6.07) is 8.63. The second-order valence-electron chi connectivity index (χ2n) is 17.8. The lowest BCUT2D eigenvalue weighted by molar-refractivity contribution is 0.0106. The van der Waals surface area contributed by atoms with E-state index in [1.54, 1.807) is 30.3 Å². The van der Waals surface area contributed by atoms with E-state index in [0.717, 1.165) is 31.1 Å². The predicted molar refractivity (Wildman–Crippen MR) is 255 cm³/mol. The average molecular weight is 857 g/mol. The average Bonchev–Trinajstić information content (AvgIpc) is 3.26. The van der Waals surface area contributed by atoms with E-state index in [9.17, 15) is 20.1 Å². The zero-order valence-electron chi connectivity index (χ0n) is 39.3. The number of benzene rings is 2. The van der Waals surface area contributed by atoms with Crippen LogP contribution in [0.5, 0.6) is 11.5 Å². The van der Waals surface area contributed by atoms with Crippen molar-refractivity contribution in [2.24, 2.45) is 0 Å². The Kier molecular flexibility index (Phi) is 35.2. The number of unbranched alkanes of at least 4 members (excludes halogenated alkanes) is 30. The third-order valence-corrected chi connectivity index (χ3v) is 11.9. The van der Waals surface area contributed by atoms with Gasteiger partial charge in [-0.05, 0) is 36.4 Å². The number of aliphatic hydroxyl groups excluding tert-OH is 2. The maximum atomic E-state index is 12.4. The first-order chi connectivity index (χ1) is 30.0. The van der Waals surface area contributed by atoms with Crippen LogP contribution in [0.2, 0.25) is 0 Å². The number of carbonyl (C=O) groups is 1. The van der Waals surface area contributed by atoms with Crippen molar-refractivity contribution < 1.29 is 39.1 Å². The maximum absolute atomic E-state index is 12.4. The molecule has 61 heavy (non-hydrogen) atoms. The van der Waals surface area contributed by atoms with Gasteiger partial charge < -0.3 is 34.3 Å². The number of ether oxygens (including phenoxy) is 4. The molecule has 0 radical (unpaired) electrons. The van der Waals surface area contributed by atoms with Gasteiger partial charge in [-0.2, -0.15) is 0 Å². The topological polar surface area (TPSA) is 115 Å². The number of carboxylic acids is 1. The number of hydrogen-bond donors (Lipinski definition) is 3. The molecule has 0 amide bonds. The minimum atomic E-state index is -1.13. The van der Waals surface area contributed by atoms with Gasteiger partial charge in [0.25, 0.3) is 0 Å². The van der Waals surface area contributed by atoms with E-state index < -0.39 is 18.2 Å². The molecule has 352 valence electrons. The molecule has 3 N–H and O–H groups in total. The van der Waals surface area contributed by atoms with Crippen LogP contribution in [0.4, 0.5) is 0 Å². The van der Waals surface area contributed by atoms with Crippen LogP contribution in [0.15, 0.2) is 30.3 Å². The molecule has 0 aliphatic carbocycles. The normalized spacial score (nSPS) is 12.6. The van der Waals surface area contributed by atoms with Gasteiger partial charge in [0.1, 0.15) is 42.5 Å². The van der Waals surface area contributed by atoms with E-state index in [1.807, 2.05) is 0 Å². The van der Waals surface area contributed by atoms with Crippen LogP contribution in [0.1, 0.15) is 230 Å². The first-order valence-electron chi connectivity index (χ1n) is 25.5. The molecule has 8 heteroatoms. The standard InChI is InChI=1S/C53H92O8/c1-3-5-7-9-11-13-15-17-19-21-23-25-27-29-31-33-39-58-42-47(54)44-60-49-37-35-46-36-38-51(52(53(56)57)50(46)41-49)61-45-48(55)43-59-40-34-32-30-28-26-24-22-20-18-16-14-12-10-8-6-4-2/h35-38,41,47-48,54-55H,3-34,39-40,42-45H2,1-2H3,(H,56,57). The number of hydrogen-bond acceptors (Lipinski definition) is 7. The molecule has 0 bridgehead atoms. The number of carboxylic acid groups (broad SMARTS) is 1. The Balaban J connectivity index is 1.52. The van der Waals surface area contributed by atoms with Gasteiger partial charge in [-0.25, -0.2) is 4.79 Å². The van der Waals surface area contributed by atoms with Crippen molar-refractivity contribution in [3.8, 4) is 11.5 Å². The van der Waals surface area contributed by atoms with Crippen LogP contribution in [0.25, 0.3) is 10.8 Å². The fourth-order valence-electron chi connectivity index (χ4n) is 8.13. The Hall–Kier alpha value is -2.39. The molecule has 0 aliphatic rings. The summed E-state index contributed by atoms with van der Waals surface area (Å²) in [7, 11) is 0. The molecule has 2 aromatic rings. The van der Waals surface area contributed by atoms with E-state index >= 15 is 0 Å². The molecule has 2 rings (SSSR count). The van der Waals surface area contributed by atoms with E-state index in [4.69, 9.17) is 18.9 Å². The summed E-state index contributed by atoms with van der Waals surface area (Å²) in [6.45, 7) is 6.05. The van der Waals surface area contributed by atoms with Crippen LogP contribution in [-0.4, -0.2) is 73.1 Å². The fraction of sp³-hybridized carbons (Fsp3) is 0.792. The number of rotatable bonds is 45. The van der Waals surface area contributed by atoms with E-state index in [0.29, 0.717) is 24.3 Å². The van der Waals surface area contributed by atoms with Crippen molar-refractivity contribution in [1.82, 2.24) is 0 Å². The number of aromatic carboxylic acids is 1. The largest absolute Gasteiger partial charge is 0.491 e. The smallest absolute Gasteiger partial charge is 0.340 e. The third kappa shape index (κ3) is 29.6. The number of fused-ring (bicyclic) bond motifs is 1. The zero-order chi connectivity index (χ0) is 43.9. The Bertz CT molecular complexity index is 1300. The maximum Gasteiger partial charge on any atom is 0.340 e.